The second-order valence-corrected chi connectivity index (χ2v) is 7.95. The molecule has 0 aromatic carbocycles. The van der Waals surface area contributed by atoms with Gasteiger partial charge in [-0.15, -0.1) is 0 Å². The molecule has 1 aromatic rings. The Balaban J connectivity index is 1.77. The highest BCUT2D eigenvalue weighted by Gasteiger charge is 2.24. The van der Waals surface area contributed by atoms with Crippen molar-refractivity contribution in [3.63, 3.8) is 0 Å². The number of amides is 1. The molecule has 0 radical (unpaired) electrons. The minimum Gasteiger partial charge on any atom is -0.355 e. The maximum absolute atomic E-state index is 11.9. The summed E-state index contributed by atoms with van der Waals surface area (Å²) in [4.78, 5) is 26.5. The Morgan fingerprint density at radius 2 is 1.91 bits per heavy atom. The van der Waals surface area contributed by atoms with Crippen molar-refractivity contribution in [1.29, 1.82) is 0 Å². The van der Waals surface area contributed by atoms with Crippen LogP contribution in [0.4, 0.5) is 11.6 Å². The fourth-order valence-corrected chi connectivity index (χ4v) is 4.31. The summed E-state index contributed by atoms with van der Waals surface area (Å²) in [5.41, 5.74) is 0. The van der Waals surface area contributed by atoms with Gasteiger partial charge in [0, 0.05) is 61.6 Å². The van der Waals surface area contributed by atoms with Gasteiger partial charge in [0.05, 0.1) is 6.54 Å². The molecule has 0 spiro atoms. The predicted molar refractivity (Wildman–Crippen MR) is 91.1 cm³/mol. The van der Waals surface area contributed by atoms with Gasteiger partial charge in [0.2, 0.25) is 5.91 Å². The molecule has 1 amide bonds. The van der Waals surface area contributed by atoms with E-state index in [-0.39, 0.29) is 5.91 Å². The van der Waals surface area contributed by atoms with E-state index in [2.05, 4.69) is 21.8 Å². The minimum absolute atomic E-state index is 0.107. The Morgan fingerprint density at radius 1 is 1.17 bits per heavy atom. The van der Waals surface area contributed by atoms with Crippen LogP contribution in [0.15, 0.2) is 12.4 Å². The van der Waals surface area contributed by atoms with Crippen LogP contribution in [-0.2, 0) is 15.6 Å². The molecule has 0 N–H and O–H groups in total. The third-order valence-corrected chi connectivity index (χ3v) is 5.91. The molecule has 1 aromatic heterocycles. The van der Waals surface area contributed by atoms with E-state index >= 15 is 0 Å². The second kappa shape index (κ2) is 6.82. The van der Waals surface area contributed by atoms with E-state index in [1.54, 1.807) is 11.2 Å². The van der Waals surface area contributed by atoms with Gasteiger partial charge in [0.1, 0.15) is 18.0 Å². The molecular formula is C15H23N5O2S. The maximum atomic E-state index is 11.9. The monoisotopic (exact) mass is 337 g/mol. The molecule has 8 heteroatoms. The summed E-state index contributed by atoms with van der Waals surface area (Å²) in [7, 11) is 1.08. The van der Waals surface area contributed by atoms with Gasteiger partial charge in [0.15, 0.2) is 0 Å². The van der Waals surface area contributed by atoms with Crippen LogP contribution in [0.1, 0.15) is 6.92 Å². The number of likely N-dealkylation sites (N-methyl/N-ethyl adjacent to an activating group) is 1. The fraction of sp³-hybridized carbons (Fsp3) is 0.667. The summed E-state index contributed by atoms with van der Waals surface area (Å²) >= 11 is 0. The van der Waals surface area contributed by atoms with Crippen molar-refractivity contribution in [2.24, 2.45) is 5.92 Å². The summed E-state index contributed by atoms with van der Waals surface area (Å²) in [5.74, 6) is 3.55. The first-order chi connectivity index (χ1) is 11.0. The second-order valence-electron chi connectivity index (χ2n) is 6.33. The number of aromatic nitrogens is 2. The minimum atomic E-state index is -0.746. The Kier molecular flexibility index (Phi) is 4.79. The van der Waals surface area contributed by atoms with E-state index in [9.17, 15) is 9.00 Å². The van der Waals surface area contributed by atoms with Gasteiger partial charge in [-0.3, -0.25) is 9.00 Å². The SMILES string of the molecule is C[C@@H]1CN(c2cc(N3CCN(C)C(=O)C3)ncn2)CC[S@@](=O)C1. The summed E-state index contributed by atoms with van der Waals surface area (Å²) < 4.78 is 11.9. The molecule has 3 rings (SSSR count). The topological polar surface area (TPSA) is 69.6 Å². The maximum Gasteiger partial charge on any atom is 0.241 e. The van der Waals surface area contributed by atoms with Crippen molar-refractivity contribution in [3.05, 3.63) is 12.4 Å². The van der Waals surface area contributed by atoms with Crippen LogP contribution in [0.2, 0.25) is 0 Å². The largest absolute Gasteiger partial charge is 0.355 e. The Bertz CT molecular complexity index is 611. The lowest BCUT2D eigenvalue weighted by molar-refractivity contribution is -0.129. The van der Waals surface area contributed by atoms with Crippen LogP contribution >= 0.6 is 0 Å². The molecule has 0 bridgehead atoms. The zero-order valence-electron chi connectivity index (χ0n) is 13.6. The molecule has 2 atom stereocenters. The Hall–Kier alpha value is -1.70. The Labute approximate surface area is 139 Å². The first-order valence-corrected chi connectivity index (χ1v) is 9.42. The average molecular weight is 337 g/mol. The molecule has 0 aliphatic carbocycles. The van der Waals surface area contributed by atoms with Gasteiger partial charge < -0.3 is 14.7 Å². The van der Waals surface area contributed by atoms with E-state index in [4.69, 9.17) is 0 Å². The number of carbonyl (C=O) groups is 1. The quantitative estimate of drug-likeness (QED) is 0.754. The number of rotatable bonds is 2. The van der Waals surface area contributed by atoms with Crippen LogP contribution < -0.4 is 9.80 Å². The number of carbonyl (C=O) groups excluding carboxylic acids is 1. The molecule has 7 nitrogen and oxygen atoms in total. The number of hydrogen-bond acceptors (Lipinski definition) is 6. The van der Waals surface area contributed by atoms with Crippen molar-refractivity contribution >= 4 is 28.3 Å². The number of anilines is 2. The van der Waals surface area contributed by atoms with Crippen molar-refractivity contribution in [2.75, 3.05) is 61.1 Å². The number of hydrogen-bond donors (Lipinski definition) is 0. The fourth-order valence-electron chi connectivity index (χ4n) is 2.98. The molecular weight excluding hydrogens is 314 g/mol. The van der Waals surface area contributed by atoms with Crippen molar-refractivity contribution in [2.45, 2.75) is 6.92 Å². The van der Waals surface area contributed by atoms with Gasteiger partial charge in [-0.05, 0) is 5.92 Å². The average Bonchev–Trinajstić information content (AvgIpc) is 2.70. The standard InChI is InChI=1S/C15H23N5O2S/c1-12-8-20(5-6-23(22)10-12)14-7-13(16-11-17-14)19-4-3-18(2)15(21)9-19/h7,11-12H,3-6,8-10H2,1-2H3/t12-,23-/m1/s1. The van der Waals surface area contributed by atoms with Gasteiger partial charge >= 0.3 is 0 Å². The van der Waals surface area contributed by atoms with Crippen molar-refractivity contribution in [1.82, 2.24) is 14.9 Å². The zero-order chi connectivity index (χ0) is 16.4. The third-order valence-electron chi connectivity index (χ3n) is 4.33. The first kappa shape index (κ1) is 16.2. The Morgan fingerprint density at radius 3 is 2.65 bits per heavy atom. The van der Waals surface area contributed by atoms with E-state index in [1.807, 2.05) is 18.0 Å². The highest BCUT2D eigenvalue weighted by Crippen LogP contribution is 2.21. The van der Waals surface area contributed by atoms with Gasteiger partial charge in [-0.2, -0.15) is 0 Å². The summed E-state index contributed by atoms with van der Waals surface area (Å²) in [6, 6.07) is 1.94. The molecule has 2 saturated heterocycles. The third kappa shape index (κ3) is 3.80. The highest BCUT2D eigenvalue weighted by molar-refractivity contribution is 7.85. The van der Waals surface area contributed by atoms with Gasteiger partial charge in [-0.25, -0.2) is 9.97 Å². The molecule has 126 valence electrons. The zero-order valence-corrected chi connectivity index (χ0v) is 14.5. The van der Waals surface area contributed by atoms with E-state index < -0.39 is 10.8 Å². The lowest BCUT2D eigenvalue weighted by Crippen LogP contribution is -2.48. The lowest BCUT2D eigenvalue weighted by atomic mass is 10.2. The highest BCUT2D eigenvalue weighted by atomic mass is 32.2. The number of piperazine rings is 1. The molecule has 2 aliphatic rings. The number of nitrogens with zero attached hydrogens (tertiary/aromatic N) is 5. The normalized spacial score (nSPS) is 26.3. The van der Waals surface area contributed by atoms with E-state index in [1.165, 1.54) is 0 Å². The summed E-state index contributed by atoms with van der Waals surface area (Å²) in [6.07, 6.45) is 1.56. The van der Waals surface area contributed by atoms with E-state index in [0.717, 1.165) is 37.0 Å². The lowest BCUT2D eigenvalue weighted by Gasteiger charge is -2.33. The molecule has 2 fully saturated rings. The molecule has 23 heavy (non-hydrogen) atoms. The smallest absolute Gasteiger partial charge is 0.241 e. The van der Waals surface area contributed by atoms with Crippen LogP contribution in [-0.4, -0.2) is 76.3 Å². The van der Waals surface area contributed by atoms with Gasteiger partial charge in [0.25, 0.3) is 0 Å². The predicted octanol–water partition coefficient (Wildman–Crippen LogP) is -0.0402. The molecule has 2 aliphatic heterocycles. The first-order valence-electron chi connectivity index (χ1n) is 7.94. The molecule has 0 unspecified atom stereocenters. The molecule has 0 saturated carbocycles. The van der Waals surface area contributed by atoms with Crippen molar-refractivity contribution in [3.8, 4) is 0 Å². The van der Waals surface area contributed by atoms with Crippen LogP contribution in [0.25, 0.3) is 0 Å². The van der Waals surface area contributed by atoms with Crippen molar-refractivity contribution < 1.29 is 9.00 Å². The van der Waals surface area contributed by atoms with Gasteiger partial charge in [-0.1, -0.05) is 6.92 Å². The summed E-state index contributed by atoms with van der Waals surface area (Å²) in [5, 5.41) is 0. The molecule has 3 heterocycles. The summed E-state index contributed by atoms with van der Waals surface area (Å²) in [6.45, 7) is 5.56. The van der Waals surface area contributed by atoms with Crippen LogP contribution in [0.5, 0.6) is 0 Å². The van der Waals surface area contributed by atoms with Crippen LogP contribution in [0, 0.1) is 5.92 Å². The van der Waals surface area contributed by atoms with E-state index in [0.29, 0.717) is 24.8 Å². The van der Waals surface area contributed by atoms with Crippen LogP contribution in [0.3, 0.4) is 0 Å².